The molecule has 1 fully saturated rings. The van der Waals surface area contributed by atoms with E-state index < -0.39 is 0 Å². The topological polar surface area (TPSA) is 58.4 Å². The second kappa shape index (κ2) is 4.78. The molecule has 6 heteroatoms. The molecule has 4 nitrogen and oxygen atoms in total. The quantitative estimate of drug-likeness (QED) is 0.825. The van der Waals surface area contributed by atoms with Crippen molar-refractivity contribution in [2.24, 2.45) is 0 Å². The molecular weight excluding hydrogens is 254 g/mol. The number of anilines is 2. The van der Waals surface area contributed by atoms with Gasteiger partial charge in [0.15, 0.2) is 0 Å². The first-order valence-electron chi connectivity index (χ1n) is 5.49. The molecule has 0 bridgehead atoms. The minimum absolute atomic E-state index is 0.0216. The predicted molar refractivity (Wildman–Crippen MR) is 75.2 cm³/mol. The van der Waals surface area contributed by atoms with Gasteiger partial charge < -0.3 is 16.0 Å². The van der Waals surface area contributed by atoms with Crippen LogP contribution >= 0.6 is 23.1 Å². The zero-order valence-corrected chi connectivity index (χ0v) is 11.9. The summed E-state index contributed by atoms with van der Waals surface area (Å²) >= 11 is 3.06. The molecule has 1 aliphatic carbocycles. The van der Waals surface area contributed by atoms with Crippen LogP contribution in [0.5, 0.6) is 0 Å². The van der Waals surface area contributed by atoms with Crippen LogP contribution < -0.4 is 11.1 Å². The van der Waals surface area contributed by atoms with Crippen LogP contribution in [-0.4, -0.2) is 37.2 Å². The number of nitrogens with two attached hydrogens (primary N) is 1. The number of thiophene rings is 1. The number of amides is 1. The number of hydrogen-bond acceptors (Lipinski definition) is 5. The van der Waals surface area contributed by atoms with Gasteiger partial charge >= 0.3 is 0 Å². The Morgan fingerprint density at radius 2 is 2.18 bits per heavy atom. The molecule has 0 atom stereocenters. The summed E-state index contributed by atoms with van der Waals surface area (Å²) in [7, 11) is 3.49. The smallest absolute Gasteiger partial charge is 0.265 e. The summed E-state index contributed by atoms with van der Waals surface area (Å²) in [6.45, 7) is 0. The van der Waals surface area contributed by atoms with E-state index in [1.807, 2.05) is 6.26 Å². The predicted octanol–water partition coefficient (Wildman–Crippen LogP) is 2.33. The lowest BCUT2D eigenvalue weighted by molar-refractivity contribution is 0.0833. The SMILES string of the molecule is CSc1c(NC2CC2)sc(C(=O)N(C)C)c1N. The lowest BCUT2D eigenvalue weighted by atomic mass is 10.3. The molecule has 1 saturated carbocycles. The molecule has 0 aromatic carbocycles. The van der Waals surface area contributed by atoms with E-state index >= 15 is 0 Å². The van der Waals surface area contributed by atoms with E-state index in [2.05, 4.69) is 5.32 Å². The second-order valence-electron chi connectivity index (χ2n) is 4.33. The molecule has 0 saturated heterocycles. The van der Waals surface area contributed by atoms with Crippen molar-refractivity contribution in [1.29, 1.82) is 0 Å². The summed E-state index contributed by atoms with van der Waals surface area (Å²) in [5.74, 6) is -0.0216. The minimum atomic E-state index is -0.0216. The monoisotopic (exact) mass is 271 g/mol. The normalized spacial score (nSPS) is 14.8. The summed E-state index contributed by atoms with van der Waals surface area (Å²) in [6.07, 6.45) is 4.41. The molecule has 2 rings (SSSR count). The number of thioether (sulfide) groups is 1. The summed E-state index contributed by atoms with van der Waals surface area (Å²) in [5, 5.41) is 4.48. The summed E-state index contributed by atoms with van der Waals surface area (Å²) in [4.78, 5) is 15.2. The average molecular weight is 271 g/mol. The van der Waals surface area contributed by atoms with E-state index in [-0.39, 0.29) is 5.91 Å². The van der Waals surface area contributed by atoms with E-state index in [1.165, 1.54) is 24.2 Å². The van der Waals surface area contributed by atoms with E-state index in [0.29, 0.717) is 16.6 Å². The molecule has 0 spiro atoms. The van der Waals surface area contributed by atoms with Gasteiger partial charge in [0.25, 0.3) is 5.91 Å². The standard InChI is InChI=1S/C11H17N3OS2/c1-14(2)11(15)9-7(12)8(16-3)10(17-9)13-6-4-5-6/h6,13H,4-5,12H2,1-3H3. The van der Waals surface area contributed by atoms with Crippen molar-refractivity contribution >= 4 is 39.7 Å². The van der Waals surface area contributed by atoms with Crippen LogP contribution in [0.3, 0.4) is 0 Å². The second-order valence-corrected chi connectivity index (χ2v) is 6.16. The summed E-state index contributed by atoms with van der Waals surface area (Å²) < 4.78 is 0. The lowest BCUT2D eigenvalue weighted by Gasteiger charge is -2.08. The highest BCUT2D eigenvalue weighted by molar-refractivity contribution is 7.99. The Bertz CT molecular complexity index is 438. The maximum atomic E-state index is 12.0. The fourth-order valence-electron chi connectivity index (χ4n) is 1.50. The number of nitrogen functional groups attached to an aromatic ring is 1. The third-order valence-corrected chi connectivity index (χ3v) is 4.70. The maximum Gasteiger partial charge on any atom is 0.265 e. The Kier molecular flexibility index (Phi) is 3.53. The van der Waals surface area contributed by atoms with Crippen LogP contribution in [0.4, 0.5) is 10.7 Å². The van der Waals surface area contributed by atoms with Gasteiger partial charge in [-0.3, -0.25) is 4.79 Å². The van der Waals surface area contributed by atoms with Gasteiger partial charge in [0.2, 0.25) is 0 Å². The van der Waals surface area contributed by atoms with Crippen molar-refractivity contribution in [3.8, 4) is 0 Å². The third-order valence-electron chi connectivity index (χ3n) is 2.62. The molecule has 1 aromatic rings. The molecule has 94 valence electrons. The van der Waals surface area contributed by atoms with Gasteiger partial charge in [0, 0.05) is 20.1 Å². The third kappa shape index (κ3) is 2.52. The average Bonchev–Trinajstić information content (AvgIpc) is 3.03. The molecule has 0 unspecified atom stereocenters. The van der Waals surface area contributed by atoms with E-state index in [4.69, 9.17) is 5.73 Å². The molecule has 0 aliphatic heterocycles. The summed E-state index contributed by atoms with van der Waals surface area (Å²) in [5.41, 5.74) is 6.67. The van der Waals surface area contributed by atoms with Gasteiger partial charge in [-0.05, 0) is 19.1 Å². The minimum Gasteiger partial charge on any atom is -0.396 e. The number of nitrogens with zero attached hydrogens (tertiary/aromatic N) is 1. The van der Waals surface area contributed by atoms with Gasteiger partial charge in [-0.15, -0.1) is 23.1 Å². The number of hydrogen-bond donors (Lipinski definition) is 2. The van der Waals surface area contributed by atoms with E-state index in [1.54, 1.807) is 30.8 Å². The molecule has 17 heavy (non-hydrogen) atoms. The molecule has 1 aliphatic rings. The van der Waals surface area contributed by atoms with Crippen molar-refractivity contribution in [3.63, 3.8) is 0 Å². The van der Waals surface area contributed by atoms with Gasteiger partial charge in [0.05, 0.1) is 10.6 Å². The van der Waals surface area contributed by atoms with Gasteiger partial charge in [-0.25, -0.2) is 0 Å². The fraction of sp³-hybridized carbons (Fsp3) is 0.545. The Balaban J connectivity index is 2.32. The van der Waals surface area contributed by atoms with Crippen LogP contribution in [0.15, 0.2) is 4.90 Å². The molecule has 1 amide bonds. The summed E-state index contributed by atoms with van der Waals surface area (Å²) in [6, 6.07) is 0.571. The largest absolute Gasteiger partial charge is 0.396 e. The zero-order chi connectivity index (χ0) is 12.6. The number of carbonyl (C=O) groups is 1. The molecule has 1 aromatic heterocycles. The van der Waals surface area contributed by atoms with E-state index in [9.17, 15) is 4.79 Å². The molecule has 1 heterocycles. The fourth-order valence-corrected chi connectivity index (χ4v) is 3.62. The van der Waals surface area contributed by atoms with Crippen molar-refractivity contribution in [3.05, 3.63) is 4.88 Å². The Labute approximate surface area is 110 Å². The van der Waals surface area contributed by atoms with Crippen LogP contribution in [0.1, 0.15) is 22.5 Å². The number of carbonyl (C=O) groups excluding carboxylic acids is 1. The molecular formula is C11H17N3OS2. The lowest BCUT2D eigenvalue weighted by Crippen LogP contribution is -2.21. The van der Waals surface area contributed by atoms with Gasteiger partial charge in [-0.1, -0.05) is 0 Å². The van der Waals surface area contributed by atoms with Crippen molar-refractivity contribution < 1.29 is 4.79 Å². The Morgan fingerprint density at radius 3 is 2.65 bits per heavy atom. The van der Waals surface area contributed by atoms with Gasteiger partial charge in [0.1, 0.15) is 9.88 Å². The maximum absolute atomic E-state index is 12.0. The van der Waals surface area contributed by atoms with Crippen LogP contribution in [0, 0.1) is 0 Å². The van der Waals surface area contributed by atoms with Crippen molar-refractivity contribution in [2.45, 2.75) is 23.8 Å². The van der Waals surface area contributed by atoms with Crippen LogP contribution in [0.25, 0.3) is 0 Å². The molecule has 3 N–H and O–H groups in total. The highest BCUT2D eigenvalue weighted by atomic mass is 32.2. The highest BCUT2D eigenvalue weighted by Crippen LogP contribution is 2.43. The highest BCUT2D eigenvalue weighted by Gasteiger charge is 2.26. The first-order chi connectivity index (χ1) is 8.04. The van der Waals surface area contributed by atoms with Crippen molar-refractivity contribution in [1.82, 2.24) is 4.90 Å². The zero-order valence-electron chi connectivity index (χ0n) is 10.2. The van der Waals surface area contributed by atoms with Crippen LogP contribution in [0.2, 0.25) is 0 Å². The van der Waals surface area contributed by atoms with E-state index in [0.717, 1.165) is 9.90 Å². The van der Waals surface area contributed by atoms with Crippen molar-refractivity contribution in [2.75, 3.05) is 31.4 Å². The Hall–Kier alpha value is -0.880. The first-order valence-corrected chi connectivity index (χ1v) is 7.53. The number of rotatable bonds is 4. The first kappa shape index (κ1) is 12.6. The van der Waals surface area contributed by atoms with Crippen LogP contribution in [-0.2, 0) is 0 Å². The van der Waals surface area contributed by atoms with Gasteiger partial charge in [-0.2, -0.15) is 0 Å². The Morgan fingerprint density at radius 1 is 1.53 bits per heavy atom. The number of nitrogens with one attached hydrogen (secondary N) is 1. The molecule has 0 radical (unpaired) electrons.